The highest BCUT2D eigenvalue weighted by molar-refractivity contribution is 6.76. The molecule has 0 radical (unpaired) electrons. The summed E-state index contributed by atoms with van der Waals surface area (Å²) < 4.78 is 27.6. The fraction of sp³-hybridized carbons (Fsp3) is 0.375. The first-order valence-corrected chi connectivity index (χ1v) is 19.1. The highest BCUT2D eigenvalue weighted by Gasteiger charge is 2.49. The number of aromatic nitrogens is 6. The molecule has 2 saturated heterocycles. The van der Waals surface area contributed by atoms with Crippen LogP contribution in [-0.2, 0) is 20.9 Å². The molecular weight excluding hydrogens is 612 g/mol. The lowest BCUT2D eigenvalue weighted by Crippen LogP contribution is -2.35. The second-order valence-electron chi connectivity index (χ2n) is 12.6. The van der Waals surface area contributed by atoms with Crippen LogP contribution in [0.15, 0.2) is 67.1 Å². The van der Waals surface area contributed by atoms with E-state index in [0.29, 0.717) is 41.1 Å². The van der Waals surface area contributed by atoms with Gasteiger partial charge in [-0.15, -0.1) is 0 Å². The Labute approximate surface area is 266 Å². The molecule has 0 aliphatic carbocycles. The van der Waals surface area contributed by atoms with Crippen molar-refractivity contribution in [3.8, 4) is 34.2 Å². The van der Waals surface area contributed by atoms with E-state index in [1.807, 2.05) is 65.5 Å². The number of imidazole rings is 1. The summed E-state index contributed by atoms with van der Waals surface area (Å²) in [6, 6.07) is 17.1. The number of hydrogen-bond acceptors (Lipinski definition) is 9. The zero-order chi connectivity index (χ0) is 31.1. The maximum atomic E-state index is 10.2. The molecule has 0 amide bonds. The van der Waals surface area contributed by atoms with Gasteiger partial charge in [-0.05, 0) is 35.9 Å². The first-order valence-electron chi connectivity index (χ1n) is 15.0. The van der Waals surface area contributed by atoms with Crippen LogP contribution in [0.4, 0.5) is 0 Å². The highest BCUT2D eigenvalue weighted by Crippen LogP contribution is 2.35. The van der Waals surface area contributed by atoms with E-state index >= 15 is 0 Å². The summed E-state index contributed by atoms with van der Waals surface area (Å²) in [4.78, 5) is 14.2. The van der Waals surface area contributed by atoms with Crippen molar-refractivity contribution < 1.29 is 24.1 Å². The molecule has 1 aromatic carbocycles. The number of hydrogen-bond donors (Lipinski definition) is 1. The average Bonchev–Trinajstić information content (AvgIpc) is 3.83. The SMILES string of the molecule is C[Si](C)(C)CCOCn1c(O[C@@H]2CO[C@H]3[C@@H]2OC[C@H]3O)nc2nc(-c3ccc(-c4ccc(-n5cccn5)nc4)cc3)c(Cl)cc21. The number of fused-ring (bicyclic) bond motifs is 2. The van der Waals surface area contributed by atoms with Gasteiger partial charge in [-0.25, -0.2) is 14.6 Å². The Morgan fingerprint density at radius 2 is 1.78 bits per heavy atom. The van der Waals surface area contributed by atoms with Crippen molar-refractivity contribution in [1.82, 2.24) is 29.3 Å². The maximum absolute atomic E-state index is 10.2. The Morgan fingerprint density at radius 1 is 1.00 bits per heavy atom. The van der Waals surface area contributed by atoms with E-state index in [4.69, 9.17) is 40.5 Å². The van der Waals surface area contributed by atoms with Crippen molar-refractivity contribution in [1.29, 1.82) is 0 Å². The lowest BCUT2D eigenvalue weighted by atomic mass is 10.0. The van der Waals surface area contributed by atoms with E-state index in [0.717, 1.165) is 28.6 Å². The number of ether oxygens (including phenoxy) is 4. The smallest absolute Gasteiger partial charge is 0.301 e. The molecule has 4 aromatic heterocycles. The maximum Gasteiger partial charge on any atom is 0.301 e. The van der Waals surface area contributed by atoms with E-state index in [2.05, 4.69) is 29.7 Å². The lowest BCUT2D eigenvalue weighted by molar-refractivity contribution is 0.00339. The molecule has 0 saturated carbocycles. The van der Waals surface area contributed by atoms with Gasteiger partial charge in [-0.3, -0.25) is 4.57 Å². The summed E-state index contributed by atoms with van der Waals surface area (Å²) in [5.41, 5.74) is 4.67. The molecule has 234 valence electrons. The Morgan fingerprint density at radius 3 is 2.51 bits per heavy atom. The van der Waals surface area contributed by atoms with Crippen LogP contribution in [0, 0.1) is 0 Å². The molecule has 4 atom stereocenters. The van der Waals surface area contributed by atoms with Crippen molar-refractivity contribution in [2.24, 2.45) is 0 Å². The number of benzene rings is 1. The van der Waals surface area contributed by atoms with Gasteiger partial charge in [0.05, 0.1) is 29.4 Å². The fourth-order valence-corrected chi connectivity index (χ4v) is 6.56. The van der Waals surface area contributed by atoms with Crippen LogP contribution >= 0.6 is 11.6 Å². The monoisotopic (exact) mass is 646 g/mol. The molecule has 2 aliphatic heterocycles. The highest BCUT2D eigenvalue weighted by atomic mass is 35.5. The minimum Gasteiger partial charge on any atom is -0.456 e. The minimum absolute atomic E-state index is 0.220. The molecule has 2 aliphatic rings. The predicted octanol–water partition coefficient (Wildman–Crippen LogP) is 5.22. The predicted molar refractivity (Wildman–Crippen MR) is 172 cm³/mol. The van der Waals surface area contributed by atoms with Gasteiger partial charge in [0.15, 0.2) is 17.6 Å². The van der Waals surface area contributed by atoms with Crippen molar-refractivity contribution in [3.05, 3.63) is 72.1 Å². The molecule has 45 heavy (non-hydrogen) atoms. The number of aliphatic hydroxyl groups is 1. The van der Waals surface area contributed by atoms with E-state index in [1.54, 1.807) is 10.9 Å². The van der Waals surface area contributed by atoms with Gasteiger partial charge in [-0.2, -0.15) is 10.1 Å². The molecule has 11 nitrogen and oxygen atoms in total. The molecule has 1 N–H and O–H groups in total. The molecule has 6 heterocycles. The minimum atomic E-state index is -1.27. The molecule has 0 spiro atoms. The third-order valence-corrected chi connectivity index (χ3v) is 10.1. The standard InChI is InChI=1S/C32H35ClN6O5Si/c1-45(2,3)14-13-41-19-38-24-15-23(33)28(36-31(24)37-32(38)44-26-18-43-29-25(40)17-42-30(26)29)21-7-5-20(6-8-21)22-9-10-27(34-16-22)39-12-4-11-35-39/h4-12,15-16,25-26,29-30,40H,13-14,17-19H2,1-3H3/t25-,26-,29-,30-/m1/s1. The second kappa shape index (κ2) is 12.3. The molecule has 2 fully saturated rings. The largest absolute Gasteiger partial charge is 0.456 e. The number of pyridine rings is 2. The number of aliphatic hydroxyl groups excluding tert-OH is 1. The first-order chi connectivity index (χ1) is 21.7. The van der Waals surface area contributed by atoms with E-state index in [-0.39, 0.29) is 19.4 Å². The average molecular weight is 647 g/mol. The van der Waals surface area contributed by atoms with E-state index in [1.165, 1.54) is 0 Å². The van der Waals surface area contributed by atoms with Gasteiger partial charge in [0.25, 0.3) is 0 Å². The van der Waals surface area contributed by atoms with Crippen LogP contribution in [0.1, 0.15) is 0 Å². The zero-order valence-electron chi connectivity index (χ0n) is 25.3. The second-order valence-corrected chi connectivity index (χ2v) is 18.6. The number of rotatable bonds is 10. The topological polar surface area (TPSA) is 119 Å². The van der Waals surface area contributed by atoms with Gasteiger partial charge in [0.1, 0.15) is 25.0 Å². The van der Waals surface area contributed by atoms with Gasteiger partial charge in [-0.1, -0.05) is 55.5 Å². The van der Waals surface area contributed by atoms with Gasteiger partial charge in [0, 0.05) is 44.4 Å². The van der Waals surface area contributed by atoms with Gasteiger partial charge < -0.3 is 24.1 Å². The Bertz CT molecular complexity index is 1780. The van der Waals surface area contributed by atoms with Crippen molar-refractivity contribution in [2.75, 3.05) is 19.8 Å². The van der Waals surface area contributed by atoms with Gasteiger partial charge >= 0.3 is 6.01 Å². The van der Waals surface area contributed by atoms with Crippen LogP contribution in [0.5, 0.6) is 6.01 Å². The van der Waals surface area contributed by atoms with Gasteiger partial charge in [0.2, 0.25) is 0 Å². The summed E-state index contributed by atoms with van der Waals surface area (Å²) in [5.74, 6) is 0.752. The summed E-state index contributed by atoms with van der Waals surface area (Å²) in [6.07, 6.45) is 3.55. The van der Waals surface area contributed by atoms with Crippen LogP contribution in [0.3, 0.4) is 0 Å². The van der Waals surface area contributed by atoms with Crippen molar-refractivity contribution >= 4 is 30.8 Å². The third kappa shape index (κ3) is 6.26. The summed E-state index contributed by atoms with van der Waals surface area (Å²) in [5, 5.41) is 14.9. The normalized spacial score (nSPS) is 21.4. The summed E-state index contributed by atoms with van der Waals surface area (Å²) in [7, 11) is -1.27. The lowest BCUT2D eigenvalue weighted by Gasteiger charge is -2.19. The van der Waals surface area contributed by atoms with Crippen molar-refractivity contribution in [3.63, 3.8) is 0 Å². The van der Waals surface area contributed by atoms with Crippen molar-refractivity contribution in [2.45, 2.75) is 56.8 Å². The Balaban J connectivity index is 1.15. The Hall–Kier alpha value is -3.65. The van der Waals surface area contributed by atoms with E-state index < -0.39 is 26.4 Å². The third-order valence-electron chi connectivity index (χ3n) is 8.09. The van der Waals surface area contributed by atoms with Crippen LogP contribution < -0.4 is 4.74 Å². The van der Waals surface area contributed by atoms with E-state index in [9.17, 15) is 5.11 Å². The molecule has 0 unspecified atom stereocenters. The van der Waals surface area contributed by atoms with Crippen LogP contribution in [0.25, 0.3) is 39.4 Å². The Kier molecular flexibility index (Phi) is 8.19. The molecular formula is C32H35ClN6O5Si. The number of halogens is 1. The molecule has 13 heteroatoms. The molecule has 7 rings (SSSR count). The quantitative estimate of drug-likeness (QED) is 0.161. The summed E-state index contributed by atoms with van der Waals surface area (Å²) in [6.45, 7) is 8.33. The first kappa shape index (κ1) is 30.0. The summed E-state index contributed by atoms with van der Waals surface area (Å²) >= 11 is 6.86. The zero-order valence-corrected chi connectivity index (χ0v) is 27.1. The van der Waals surface area contributed by atoms with Crippen LogP contribution in [-0.4, -0.2) is 86.7 Å². The molecule has 5 aromatic rings. The van der Waals surface area contributed by atoms with Crippen LogP contribution in [0.2, 0.25) is 30.7 Å². The fourth-order valence-electron chi connectivity index (χ4n) is 5.55. The molecule has 0 bridgehead atoms. The number of nitrogens with zero attached hydrogens (tertiary/aromatic N) is 6.